The average molecular weight is 457 g/mol. The van der Waals surface area contributed by atoms with E-state index in [9.17, 15) is 14.4 Å². The SMILES string of the molecule is C[C@H]1CN(Cc2cccc3c(N4CCC(=O)NC4=O)nn(C)c23)CCN1C(=O)OC(C)(C)C. The predicted molar refractivity (Wildman–Crippen MR) is 124 cm³/mol. The quantitative estimate of drug-likeness (QED) is 0.762. The van der Waals surface area contributed by atoms with Crippen molar-refractivity contribution >= 4 is 34.8 Å². The van der Waals surface area contributed by atoms with Crippen LogP contribution in [0.25, 0.3) is 10.9 Å². The van der Waals surface area contributed by atoms with Crippen LogP contribution in [0.1, 0.15) is 39.7 Å². The molecular formula is C23H32N6O4. The first kappa shape index (κ1) is 23.0. The number of urea groups is 1. The smallest absolute Gasteiger partial charge is 0.410 e. The van der Waals surface area contributed by atoms with Crippen LogP contribution in [0.2, 0.25) is 0 Å². The van der Waals surface area contributed by atoms with E-state index >= 15 is 0 Å². The summed E-state index contributed by atoms with van der Waals surface area (Å²) in [4.78, 5) is 42.1. The van der Waals surface area contributed by atoms with E-state index in [0.717, 1.165) is 29.6 Å². The highest BCUT2D eigenvalue weighted by molar-refractivity contribution is 6.09. The number of anilines is 1. The van der Waals surface area contributed by atoms with Crippen molar-refractivity contribution < 1.29 is 19.1 Å². The number of aryl methyl sites for hydroxylation is 1. The maximum absolute atomic E-state index is 12.5. The molecule has 10 nitrogen and oxygen atoms in total. The summed E-state index contributed by atoms with van der Waals surface area (Å²) in [6.07, 6.45) is -0.0186. The van der Waals surface area contributed by atoms with E-state index in [0.29, 0.717) is 25.5 Å². The zero-order valence-electron chi connectivity index (χ0n) is 19.9. The van der Waals surface area contributed by atoms with Gasteiger partial charge in [0.1, 0.15) is 5.60 Å². The van der Waals surface area contributed by atoms with Crippen molar-refractivity contribution in [3.05, 3.63) is 23.8 Å². The number of carbonyl (C=O) groups excluding carboxylic acids is 3. The van der Waals surface area contributed by atoms with Crippen LogP contribution in [-0.2, 0) is 23.1 Å². The summed E-state index contributed by atoms with van der Waals surface area (Å²) >= 11 is 0. The number of nitrogens with one attached hydrogen (secondary N) is 1. The van der Waals surface area contributed by atoms with Crippen molar-refractivity contribution in [1.82, 2.24) is 24.9 Å². The molecule has 4 amide bonds. The molecule has 2 aromatic rings. The number of imide groups is 1. The van der Waals surface area contributed by atoms with Crippen molar-refractivity contribution in [2.45, 2.75) is 52.3 Å². The molecule has 0 unspecified atom stereocenters. The molecule has 178 valence electrons. The third-order valence-electron chi connectivity index (χ3n) is 5.97. The maximum Gasteiger partial charge on any atom is 0.410 e. The van der Waals surface area contributed by atoms with Gasteiger partial charge in [0, 0.05) is 57.6 Å². The average Bonchev–Trinajstić information content (AvgIpc) is 3.04. The Hall–Kier alpha value is -3.14. The van der Waals surface area contributed by atoms with E-state index in [-0.39, 0.29) is 24.5 Å². The lowest BCUT2D eigenvalue weighted by atomic mass is 10.1. The standard InChI is InChI=1S/C23H32N6O4/c1-15-13-27(11-12-28(15)22(32)33-23(2,3)4)14-16-7-6-8-17-19(16)26(5)25-20(17)29-10-9-18(30)24-21(29)31/h6-8,15H,9-14H2,1-5H3,(H,24,30,31)/t15-/m0/s1. The van der Waals surface area contributed by atoms with Gasteiger partial charge in [-0.3, -0.25) is 24.6 Å². The first-order valence-electron chi connectivity index (χ1n) is 11.3. The zero-order valence-corrected chi connectivity index (χ0v) is 19.9. The number of piperazine rings is 1. The first-order chi connectivity index (χ1) is 15.5. The number of ether oxygens (including phenoxy) is 1. The van der Waals surface area contributed by atoms with Gasteiger partial charge in [-0.25, -0.2) is 9.59 Å². The summed E-state index contributed by atoms with van der Waals surface area (Å²) in [5.74, 6) is 0.291. The first-order valence-corrected chi connectivity index (χ1v) is 11.3. The molecular weight excluding hydrogens is 424 g/mol. The molecule has 10 heteroatoms. The second kappa shape index (κ2) is 8.66. The van der Waals surface area contributed by atoms with Crippen LogP contribution in [0.4, 0.5) is 15.4 Å². The highest BCUT2D eigenvalue weighted by atomic mass is 16.6. The molecule has 33 heavy (non-hydrogen) atoms. The molecule has 3 heterocycles. The number of carbonyl (C=O) groups is 3. The fraction of sp³-hybridized carbons (Fsp3) is 0.565. The number of rotatable bonds is 3. The van der Waals surface area contributed by atoms with Crippen LogP contribution in [0.5, 0.6) is 0 Å². The van der Waals surface area contributed by atoms with E-state index in [1.165, 1.54) is 4.90 Å². The Labute approximate surface area is 193 Å². The highest BCUT2D eigenvalue weighted by Gasteiger charge is 2.32. The molecule has 1 N–H and O–H groups in total. The van der Waals surface area contributed by atoms with E-state index in [1.54, 1.807) is 9.58 Å². The fourth-order valence-electron chi connectivity index (χ4n) is 4.50. The number of benzene rings is 1. The maximum atomic E-state index is 12.5. The van der Waals surface area contributed by atoms with Crippen LogP contribution in [0.3, 0.4) is 0 Å². The number of hydrogen-bond acceptors (Lipinski definition) is 6. The van der Waals surface area contributed by atoms with E-state index in [2.05, 4.69) is 21.4 Å². The van der Waals surface area contributed by atoms with E-state index in [4.69, 9.17) is 4.74 Å². The Morgan fingerprint density at radius 3 is 2.64 bits per heavy atom. The van der Waals surface area contributed by atoms with Crippen LogP contribution >= 0.6 is 0 Å². The molecule has 0 radical (unpaired) electrons. The summed E-state index contributed by atoms with van der Waals surface area (Å²) in [7, 11) is 1.87. The van der Waals surface area contributed by atoms with Gasteiger partial charge in [0.25, 0.3) is 0 Å². The van der Waals surface area contributed by atoms with Crippen molar-refractivity contribution in [3.63, 3.8) is 0 Å². The Kier molecular flexibility index (Phi) is 6.04. The van der Waals surface area contributed by atoms with E-state index in [1.807, 2.05) is 46.9 Å². The number of nitrogens with zero attached hydrogens (tertiary/aromatic N) is 5. The molecule has 0 spiro atoms. The summed E-state index contributed by atoms with van der Waals surface area (Å²) in [5.41, 5.74) is 1.54. The second-order valence-corrected chi connectivity index (χ2v) is 9.77. The summed E-state index contributed by atoms with van der Waals surface area (Å²) in [6, 6.07) is 5.58. The van der Waals surface area contributed by atoms with Crippen LogP contribution in [0, 0.1) is 0 Å². The molecule has 1 aromatic carbocycles. The molecule has 1 aromatic heterocycles. The number of para-hydroxylation sites is 1. The van der Waals surface area contributed by atoms with Crippen LogP contribution < -0.4 is 10.2 Å². The monoisotopic (exact) mass is 456 g/mol. The van der Waals surface area contributed by atoms with Gasteiger partial charge < -0.3 is 9.64 Å². The molecule has 2 aliphatic rings. The number of hydrogen-bond donors (Lipinski definition) is 1. The Morgan fingerprint density at radius 2 is 1.97 bits per heavy atom. The van der Waals surface area contributed by atoms with Gasteiger partial charge in [-0.1, -0.05) is 12.1 Å². The minimum absolute atomic E-state index is 0.0319. The molecule has 1 atom stereocenters. The lowest BCUT2D eigenvalue weighted by Gasteiger charge is -2.40. The van der Waals surface area contributed by atoms with Crippen LogP contribution in [0.15, 0.2) is 18.2 Å². The molecule has 0 bridgehead atoms. The number of aromatic nitrogens is 2. The lowest BCUT2D eigenvalue weighted by molar-refractivity contribution is -0.120. The van der Waals surface area contributed by atoms with Crippen molar-refractivity contribution in [1.29, 1.82) is 0 Å². The van der Waals surface area contributed by atoms with Crippen molar-refractivity contribution in [2.75, 3.05) is 31.1 Å². The minimum atomic E-state index is -0.515. The number of fused-ring (bicyclic) bond motifs is 1. The highest BCUT2D eigenvalue weighted by Crippen LogP contribution is 2.30. The van der Waals surface area contributed by atoms with Crippen molar-refractivity contribution in [3.8, 4) is 0 Å². The molecule has 4 rings (SSSR count). The molecule has 2 fully saturated rings. The zero-order chi connectivity index (χ0) is 23.9. The molecule has 0 saturated carbocycles. The van der Waals surface area contributed by atoms with Crippen molar-refractivity contribution in [2.24, 2.45) is 7.05 Å². The Bertz CT molecular complexity index is 1090. The minimum Gasteiger partial charge on any atom is -0.444 e. The van der Waals surface area contributed by atoms with Gasteiger partial charge in [0.05, 0.1) is 5.52 Å². The fourth-order valence-corrected chi connectivity index (χ4v) is 4.50. The van der Waals surface area contributed by atoms with Gasteiger partial charge in [-0.05, 0) is 39.3 Å². The lowest BCUT2D eigenvalue weighted by Crippen LogP contribution is -2.54. The summed E-state index contributed by atoms with van der Waals surface area (Å²) in [6.45, 7) is 10.7. The molecule has 2 aliphatic heterocycles. The van der Waals surface area contributed by atoms with Gasteiger partial charge >= 0.3 is 12.1 Å². The largest absolute Gasteiger partial charge is 0.444 e. The third kappa shape index (κ3) is 4.80. The van der Waals surface area contributed by atoms with Gasteiger partial charge in [-0.15, -0.1) is 0 Å². The van der Waals surface area contributed by atoms with Gasteiger partial charge in [0.15, 0.2) is 5.82 Å². The van der Waals surface area contributed by atoms with Crippen LogP contribution in [-0.4, -0.2) is 75.4 Å². The molecule has 0 aliphatic carbocycles. The Balaban J connectivity index is 1.51. The number of amides is 4. The summed E-state index contributed by atoms with van der Waals surface area (Å²) < 4.78 is 7.34. The topological polar surface area (TPSA) is 100 Å². The predicted octanol–water partition coefficient (Wildman–Crippen LogP) is 2.46. The molecule has 2 saturated heterocycles. The van der Waals surface area contributed by atoms with Gasteiger partial charge in [0.2, 0.25) is 5.91 Å². The second-order valence-electron chi connectivity index (χ2n) is 9.77. The Morgan fingerprint density at radius 1 is 1.21 bits per heavy atom. The van der Waals surface area contributed by atoms with E-state index < -0.39 is 11.6 Å². The third-order valence-corrected chi connectivity index (χ3v) is 5.97. The normalized spacial score (nSPS) is 20.3. The van der Waals surface area contributed by atoms with Gasteiger partial charge in [-0.2, -0.15) is 5.10 Å². The summed E-state index contributed by atoms with van der Waals surface area (Å²) in [5, 5.41) is 7.85.